The first kappa shape index (κ1) is 15.8. The lowest BCUT2D eigenvalue weighted by Gasteiger charge is -2.11. The number of nitrogens with zero attached hydrogens (tertiary/aromatic N) is 1. The van der Waals surface area contributed by atoms with E-state index < -0.39 is 0 Å². The molecule has 0 spiro atoms. The molecule has 0 heterocycles. The van der Waals surface area contributed by atoms with Crippen LogP contribution in [0.25, 0.3) is 0 Å². The molecule has 0 bridgehead atoms. The summed E-state index contributed by atoms with van der Waals surface area (Å²) in [5.41, 5.74) is 1.22. The molecule has 6 nitrogen and oxygen atoms in total. The fourth-order valence-electron chi connectivity index (χ4n) is 1.61. The fraction of sp³-hybridized carbons (Fsp3) is 0.429. The summed E-state index contributed by atoms with van der Waals surface area (Å²) < 4.78 is 10.7. The summed E-state index contributed by atoms with van der Waals surface area (Å²) in [4.78, 5) is 11.3. The molecule has 1 aromatic rings. The quantitative estimate of drug-likeness (QED) is 0.453. The molecule has 0 aromatic heterocycles. The molecular weight excluding hydrogens is 260 g/mol. The first-order valence-electron chi connectivity index (χ1n) is 6.39. The molecule has 0 atom stereocenters. The van der Waals surface area contributed by atoms with Gasteiger partial charge in [0.05, 0.1) is 25.8 Å². The highest BCUT2D eigenvalue weighted by Gasteiger charge is 2.08. The van der Waals surface area contributed by atoms with Crippen LogP contribution in [-0.2, 0) is 4.79 Å². The number of amides is 1. The molecule has 2 N–H and O–H groups in total. The van der Waals surface area contributed by atoms with Crippen molar-refractivity contribution in [3.8, 4) is 11.5 Å². The molecule has 0 aliphatic heterocycles. The Kier molecular flexibility index (Phi) is 6.36. The van der Waals surface area contributed by atoms with Gasteiger partial charge in [0, 0.05) is 12.1 Å². The van der Waals surface area contributed by atoms with Crippen LogP contribution in [0.15, 0.2) is 23.4 Å². The van der Waals surface area contributed by atoms with Crippen LogP contribution in [0.1, 0.15) is 25.8 Å². The summed E-state index contributed by atoms with van der Waals surface area (Å²) in [6, 6.07) is 5.20. The van der Waals surface area contributed by atoms with E-state index in [0.29, 0.717) is 23.8 Å². The summed E-state index contributed by atoms with van der Waals surface area (Å²) in [6.45, 7) is 4.43. The van der Waals surface area contributed by atoms with Crippen molar-refractivity contribution < 1.29 is 19.5 Å². The summed E-state index contributed by atoms with van der Waals surface area (Å²) >= 11 is 0. The predicted molar refractivity (Wildman–Crippen MR) is 75.8 cm³/mol. The molecule has 0 aliphatic rings. The zero-order chi connectivity index (χ0) is 15.0. The van der Waals surface area contributed by atoms with Crippen molar-refractivity contribution in [1.82, 2.24) is 5.32 Å². The molecule has 0 radical (unpaired) electrons. The summed E-state index contributed by atoms with van der Waals surface area (Å²) in [7, 11) is 1.53. The fourth-order valence-corrected chi connectivity index (χ4v) is 1.61. The second-order valence-electron chi connectivity index (χ2n) is 4.10. The highest BCUT2D eigenvalue weighted by atomic mass is 16.5. The monoisotopic (exact) mass is 280 g/mol. The van der Waals surface area contributed by atoms with Crippen LogP contribution in [0.2, 0.25) is 0 Å². The molecule has 6 heteroatoms. The van der Waals surface area contributed by atoms with E-state index in [-0.39, 0.29) is 18.9 Å². The SMILES string of the molecule is CCNC(=O)CCOc1ccc(C(C)=NO)cc1OC. The highest BCUT2D eigenvalue weighted by Crippen LogP contribution is 2.28. The lowest BCUT2D eigenvalue weighted by atomic mass is 10.1. The third-order valence-corrected chi connectivity index (χ3v) is 2.69. The second kappa shape index (κ2) is 8.04. The lowest BCUT2D eigenvalue weighted by Crippen LogP contribution is -2.24. The van der Waals surface area contributed by atoms with Gasteiger partial charge in [0.1, 0.15) is 0 Å². The summed E-state index contributed by atoms with van der Waals surface area (Å²) in [5, 5.41) is 14.6. The van der Waals surface area contributed by atoms with E-state index in [4.69, 9.17) is 14.7 Å². The standard InChI is InChI=1S/C14H20N2O4/c1-4-15-14(17)7-8-20-12-6-5-11(10(2)16-18)9-13(12)19-3/h5-6,9,18H,4,7-8H2,1-3H3,(H,15,17). The van der Waals surface area contributed by atoms with Gasteiger partial charge in [-0.2, -0.15) is 0 Å². The molecule has 0 unspecified atom stereocenters. The maximum absolute atomic E-state index is 11.3. The van der Waals surface area contributed by atoms with Crippen LogP contribution in [0.4, 0.5) is 0 Å². The lowest BCUT2D eigenvalue weighted by molar-refractivity contribution is -0.121. The van der Waals surface area contributed by atoms with Gasteiger partial charge in [-0.25, -0.2) is 0 Å². The topological polar surface area (TPSA) is 80.2 Å². The Morgan fingerprint density at radius 1 is 1.40 bits per heavy atom. The van der Waals surface area contributed by atoms with Gasteiger partial charge in [-0.15, -0.1) is 0 Å². The van der Waals surface area contributed by atoms with E-state index in [1.807, 2.05) is 6.92 Å². The number of hydrogen-bond donors (Lipinski definition) is 2. The minimum atomic E-state index is -0.0497. The van der Waals surface area contributed by atoms with Crippen LogP contribution < -0.4 is 14.8 Å². The molecule has 0 saturated carbocycles. The number of methoxy groups -OCH3 is 1. The van der Waals surface area contributed by atoms with E-state index >= 15 is 0 Å². The maximum atomic E-state index is 11.3. The van der Waals surface area contributed by atoms with Crippen molar-refractivity contribution >= 4 is 11.6 Å². The zero-order valence-corrected chi connectivity index (χ0v) is 12.0. The molecule has 0 aliphatic carbocycles. The van der Waals surface area contributed by atoms with E-state index in [2.05, 4.69) is 10.5 Å². The largest absolute Gasteiger partial charge is 0.493 e. The Labute approximate surface area is 118 Å². The number of carbonyl (C=O) groups is 1. The van der Waals surface area contributed by atoms with Crippen molar-refractivity contribution in [1.29, 1.82) is 0 Å². The van der Waals surface area contributed by atoms with Crippen molar-refractivity contribution in [2.75, 3.05) is 20.3 Å². The van der Waals surface area contributed by atoms with Crippen LogP contribution in [0, 0.1) is 0 Å². The molecule has 20 heavy (non-hydrogen) atoms. The average molecular weight is 280 g/mol. The number of nitrogens with one attached hydrogen (secondary N) is 1. The molecule has 110 valence electrons. The third kappa shape index (κ3) is 4.46. The number of rotatable bonds is 7. The predicted octanol–water partition coefficient (Wildman–Crippen LogP) is 1.80. The number of hydrogen-bond acceptors (Lipinski definition) is 5. The summed E-state index contributed by atoms with van der Waals surface area (Å²) in [5.74, 6) is 1.03. The van der Waals surface area contributed by atoms with Gasteiger partial charge >= 0.3 is 0 Å². The van der Waals surface area contributed by atoms with Crippen molar-refractivity contribution in [2.24, 2.45) is 5.16 Å². The van der Waals surface area contributed by atoms with Crippen LogP contribution in [0.5, 0.6) is 11.5 Å². The van der Waals surface area contributed by atoms with Gasteiger partial charge < -0.3 is 20.0 Å². The van der Waals surface area contributed by atoms with Crippen LogP contribution >= 0.6 is 0 Å². The molecule has 1 amide bonds. The Hall–Kier alpha value is -2.24. The first-order chi connectivity index (χ1) is 9.62. The number of benzene rings is 1. The molecular formula is C14H20N2O4. The van der Waals surface area contributed by atoms with Gasteiger partial charge in [-0.3, -0.25) is 4.79 Å². The Morgan fingerprint density at radius 2 is 2.15 bits per heavy atom. The maximum Gasteiger partial charge on any atom is 0.223 e. The molecule has 1 rings (SSSR count). The number of oxime groups is 1. The van der Waals surface area contributed by atoms with E-state index in [1.54, 1.807) is 25.1 Å². The van der Waals surface area contributed by atoms with E-state index in [1.165, 1.54) is 7.11 Å². The molecule has 0 saturated heterocycles. The summed E-state index contributed by atoms with van der Waals surface area (Å²) in [6.07, 6.45) is 0.288. The Morgan fingerprint density at radius 3 is 2.75 bits per heavy atom. The van der Waals surface area contributed by atoms with Gasteiger partial charge in [0.2, 0.25) is 5.91 Å². The average Bonchev–Trinajstić information content (AvgIpc) is 2.47. The zero-order valence-electron chi connectivity index (χ0n) is 12.0. The Balaban J connectivity index is 2.69. The minimum Gasteiger partial charge on any atom is -0.493 e. The van der Waals surface area contributed by atoms with Crippen molar-refractivity contribution in [3.05, 3.63) is 23.8 Å². The van der Waals surface area contributed by atoms with Gasteiger partial charge in [0.25, 0.3) is 0 Å². The highest BCUT2D eigenvalue weighted by molar-refractivity contribution is 5.98. The third-order valence-electron chi connectivity index (χ3n) is 2.69. The number of carbonyl (C=O) groups excluding carboxylic acids is 1. The van der Waals surface area contributed by atoms with Crippen molar-refractivity contribution in [2.45, 2.75) is 20.3 Å². The minimum absolute atomic E-state index is 0.0497. The van der Waals surface area contributed by atoms with Gasteiger partial charge in [-0.05, 0) is 32.0 Å². The second-order valence-corrected chi connectivity index (χ2v) is 4.10. The Bertz CT molecular complexity index is 486. The van der Waals surface area contributed by atoms with Crippen molar-refractivity contribution in [3.63, 3.8) is 0 Å². The van der Waals surface area contributed by atoms with E-state index in [9.17, 15) is 4.79 Å². The van der Waals surface area contributed by atoms with Gasteiger partial charge in [0.15, 0.2) is 11.5 Å². The first-order valence-corrected chi connectivity index (χ1v) is 6.39. The number of ether oxygens (including phenoxy) is 2. The smallest absolute Gasteiger partial charge is 0.223 e. The molecule has 1 aromatic carbocycles. The van der Waals surface area contributed by atoms with Gasteiger partial charge in [-0.1, -0.05) is 5.16 Å². The van der Waals surface area contributed by atoms with E-state index in [0.717, 1.165) is 5.56 Å². The normalized spacial score (nSPS) is 11.1. The van der Waals surface area contributed by atoms with Crippen LogP contribution in [-0.4, -0.2) is 37.1 Å². The molecule has 0 fully saturated rings. The van der Waals surface area contributed by atoms with Crippen LogP contribution in [0.3, 0.4) is 0 Å².